The second kappa shape index (κ2) is 16.7. The van der Waals surface area contributed by atoms with Crippen LogP contribution < -0.4 is 19.3 Å². The van der Waals surface area contributed by atoms with Crippen LogP contribution in [-0.4, -0.2) is 62.7 Å². The van der Waals surface area contributed by atoms with Crippen molar-refractivity contribution in [3.63, 3.8) is 0 Å². The highest BCUT2D eigenvalue weighted by atomic mass is 32.2. The molecule has 17 heteroatoms. The van der Waals surface area contributed by atoms with Crippen LogP contribution >= 0.6 is 7.60 Å². The van der Waals surface area contributed by atoms with Gasteiger partial charge >= 0.3 is 13.6 Å². The van der Waals surface area contributed by atoms with Crippen molar-refractivity contribution in [2.24, 2.45) is 0 Å². The van der Waals surface area contributed by atoms with E-state index in [1.54, 1.807) is 37.3 Å². The number of esters is 1. The maximum absolute atomic E-state index is 13.5. The summed E-state index contributed by atoms with van der Waals surface area (Å²) >= 11 is 0. The van der Waals surface area contributed by atoms with Crippen molar-refractivity contribution >= 4 is 46.7 Å². The largest absolute Gasteiger partial charge is 0.464 e. The van der Waals surface area contributed by atoms with E-state index >= 15 is 0 Å². The van der Waals surface area contributed by atoms with Crippen molar-refractivity contribution in [3.05, 3.63) is 88.5 Å². The molecule has 0 aliphatic carbocycles. The second-order valence-corrected chi connectivity index (χ2v) is 13.8. The van der Waals surface area contributed by atoms with Crippen molar-refractivity contribution in [3.8, 4) is 17.2 Å². The first kappa shape index (κ1) is 36.7. The third-order valence-electron chi connectivity index (χ3n) is 6.07. The number of carbonyl (C=O) groups is 3. The number of carbonyl (C=O) groups excluding carboxylic acids is 3. The summed E-state index contributed by atoms with van der Waals surface area (Å²) in [7, 11) is -7.69. The molecule has 1 unspecified atom stereocenters. The van der Waals surface area contributed by atoms with Gasteiger partial charge in [0.05, 0.1) is 35.7 Å². The van der Waals surface area contributed by atoms with Crippen LogP contribution in [-0.2, 0) is 33.4 Å². The average Bonchev–Trinajstić information content (AvgIpc) is 3.00. The number of para-hydroxylation sites is 1. The van der Waals surface area contributed by atoms with Gasteiger partial charge in [0.2, 0.25) is 15.9 Å². The highest BCUT2D eigenvalue weighted by Gasteiger charge is 2.32. The number of benzene rings is 3. The van der Waals surface area contributed by atoms with Crippen LogP contribution in [0.2, 0.25) is 0 Å². The molecule has 1 amide bonds. The number of Topliss-reactive ketones (excluding diaryl/α,β-unsaturated/α-hetero) is 1. The van der Waals surface area contributed by atoms with Gasteiger partial charge in [-0.05, 0) is 44.2 Å². The zero-order chi connectivity index (χ0) is 34.6. The minimum atomic E-state index is -3.95. The Morgan fingerprint density at radius 3 is 2.34 bits per heavy atom. The van der Waals surface area contributed by atoms with Gasteiger partial charge in [-0.25, -0.2) is 17.8 Å². The van der Waals surface area contributed by atoms with Crippen LogP contribution in [0.4, 0.5) is 11.4 Å². The van der Waals surface area contributed by atoms with Gasteiger partial charge in [-0.2, -0.15) is 0 Å². The Labute approximate surface area is 271 Å². The Balaban J connectivity index is 1.61. The third kappa shape index (κ3) is 12.2. The molecule has 3 aromatic carbocycles. The zero-order valence-corrected chi connectivity index (χ0v) is 27.5. The molecule has 2 N–H and O–H groups in total. The number of nitrogens with one attached hydrogen (secondary N) is 2. The number of amides is 1. The van der Waals surface area contributed by atoms with E-state index in [4.69, 9.17) is 18.5 Å². The Hall–Kier alpha value is -4.79. The van der Waals surface area contributed by atoms with Crippen molar-refractivity contribution < 1.29 is 50.8 Å². The summed E-state index contributed by atoms with van der Waals surface area (Å²) in [6.07, 6.45) is -0.996. The van der Waals surface area contributed by atoms with Gasteiger partial charge in [-0.1, -0.05) is 30.3 Å². The van der Waals surface area contributed by atoms with Crippen LogP contribution in [0.1, 0.15) is 37.0 Å². The monoisotopic (exact) mass is 691 g/mol. The van der Waals surface area contributed by atoms with Gasteiger partial charge in [-0.3, -0.25) is 28.9 Å². The molecule has 47 heavy (non-hydrogen) atoms. The molecule has 0 radical (unpaired) electrons. The molecular weight excluding hydrogens is 657 g/mol. The van der Waals surface area contributed by atoms with Crippen molar-refractivity contribution in [2.45, 2.75) is 32.8 Å². The molecule has 3 aromatic rings. The molecule has 0 saturated heterocycles. The van der Waals surface area contributed by atoms with Gasteiger partial charge in [0.15, 0.2) is 17.6 Å². The van der Waals surface area contributed by atoms with E-state index in [-0.39, 0.29) is 66.3 Å². The van der Waals surface area contributed by atoms with E-state index in [1.165, 1.54) is 37.3 Å². The normalized spacial score (nSPS) is 13.0. The van der Waals surface area contributed by atoms with Crippen LogP contribution in [0.5, 0.6) is 17.2 Å². The molecule has 0 bridgehead atoms. The molecule has 252 valence electrons. The van der Waals surface area contributed by atoms with E-state index < -0.39 is 46.3 Å². The third-order valence-corrected chi connectivity index (χ3v) is 8.56. The fraction of sp³-hybridized carbons (Fsp3) is 0.300. The van der Waals surface area contributed by atoms with Crippen molar-refractivity contribution in [2.75, 3.05) is 30.3 Å². The number of ether oxygens (including phenoxy) is 2. The van der Waals surface area contributed by atoms with Gasteiger partial charge in [0, 0.05) is 31.0 Å². The number of nitrogens with zero attached hydrogens (tertiary/aromatic N) is 1. The first-order valence-corrected chi connectivity index (χ1v) is 17.8. The smallest absolute Gasteiger partial charge is 0.381 e. The lowest BCUT2D eigenvalue weighted by Crippen LogP contribution is -2.29. The van der Waals surface area contributed by atoms with Gasteiger partial charge in [-0.15, -0.1) is 0 Å². The Morgan fingerprint density at radius 1 is 0.979 bits per heavy atom. The SMILES string of the molecule is CCOC(=O)[C@@H](C)OP(=O)(CCNC(=O)CCC(=O)c1cccc(Oc2cc([N+](=O)[O-])ccc2NS(C)(=O)=O)c1)Oc1ccccc1. The van der Waals surface area contributed by atoms with Crippen LogP contribution in [0, 0.1) is 10.1 Å². The summed E-state index contributed by atoms with van der Waals surface area (Å²) < 4.78 is 60.9. The second-order valence-electron chi connectivity index (χ2n) is 9.95. The van der Waals surface area contributed by atoms with E-state index in [1.807, 2.05) is 0 Å². The minimum Gasteiger partial charge on any atom is -0.464 e. The molecule has 15 nitrogen and oxygen atoms in total. The van der Waals surface area contributed by atoms with Crippen molar-refractivity contribution in [1.82, 2.24) is 5.32 Å². The topological polar surface area (TPSA) is 207 Å². The lowest BCUT2D eigenvalue weighted by molar-refractivity contribution is -0.384. The lowest BCUT2D eigenvalue weighted by Gasteiger charge is -2.22. The van der Waals surface area contributed by atoms with E-state index in [0.29, 0.717) is 0 Å². The molecule has 0 aliphatic heterocycles. The van der Waals surface area contributed by atoms with Crippen molar-refractivity contribution in [1.29, 1.82) is 0 Å². The average molecular weight is 692 g/mol. The highest BCUT2D eigenvalue weighted by molar-refractivity contribution is 7.92. The molecule has 0 aliphatic rings. The number of ketones is 1. The van der Waals surface area contributed by atoms with E-state index in [9.17, 15) is 37.5 Å². The molecule has 2 atom stereocenters. The fourth-order valence-corrected chi connectivity index (χ4v) is 6.15. The van der Waals surface area contributed by atoms with E-state index in [0.717, 1.165) is 18.4 Å². The van der Waals surface area contributed by atoms with Crippen LogP contribution in [0.25, 0.3) is 0 Å². The Bertz CT molecular complexity index is 1750. The van der Waals surface area contributed by atoms with Gasteiger partial charge < -0.3 is 19.3 Å². The molecule has 0 fully saturated rings. The standard InChI is InChI=1S/C30H34N3O12PS/c1-4-42-30(36)21(2)44-46(39,45-24-10-6-5-7-11-24)18-17-31-29(35)16-15-27(34)22-9-8-12-25(19-22)43-28-20-23(33(37)38)13-14-26(28)32-47(3,40)41/h5-14,19-21,32H,4,15-18H2,1-3H3,(H,31,35)/t21-,46?/m1/s1. The minimum absolute atomic E-state index is 0.0500. The van der Waals surface area contributed by atoms with Gasteiger partial charge in [0.1, 0.15) is 11.5 Å². The summed E-state index contributed by atoms with van der Waals surface area (Å²) in [5.74, 6) is -1.51. The quantitative estimate of drug-likeness (QED) is 0.0589. The first-order valence-electron chi connectivity index (χ1n) is 14.2. The number of hydrogen-bond donors (Lipinski definition) is 2. The maximum atomic E-state index is 13.5. The molecule has 0 heterocycles. The van der Waals surface area contributed by atoms with E-state index in [2.05, 4.69) is 10.0 Å². The Kier molecular flexibility index (Phi) is 13.0. The predicted octanol–water partition coefficient (Wildman–Crippen LogP) is 5.08. The summed E-state index contributed by atoms with van der Waals surface area (Å²) in [4.78, 5) is 48.0. The number of nitro groups is 1. The molecule has 0 spiro atoms. The number of sulfonamides is 1. The Morgan fingerprint density at radius 2 is 1.68 bits per heavy atom. The van der Waals surface area contributed by atoms with Crippen LogP contribution in [0.3, 0.4) is 0 Å². The summed E-state index contributed by atoms with van der Waals surface area (Å²) in [6.45, 7) is 2.94. The number of rotatable bonds is 18. The predicted molar refractivity (Wildman–Crippen MR) is 171 cm³/mol. The first-order chi connectivity index (χ1) is 22.2. The van der Waals surface area contributed by atoms with Gasteiger partial charge in [0.25, 0.3) is 5.69 Å². The fourth-order valence-electron chi connectivity index (χ4n) is 3.95. The van der Waals surface area contributed by atoms with Crippen LogP contribution in [0.15, 0.2) is 72.8 Å². The molecule has 0 saturated carbocycles. The number of hydrogen-bond acceptors (Lipinski definition) is 12. The zero-order valence-electron chi connectivity index (χ0n) is 25.7. The maximum Gasteiger partial charge on any atom is 0.381 e. The molecule has 0 aromatic heterocycles. The number of anilines is 1. The number of nitro benzene ring substituents is 1. The summed E-state index contributed by atoms with van der Waals surface area (Å²) in [5, 5.41) is 13.8. The summed E-state index contributed by atoms with van der Waals surface area (Å²) in [6, 6.07) is 17.3. The lowest BCUT2D eigenvalue weighted by atomic mass is 10.1. The molecular formula is C30H34N3O12PS. The summed E-state index contributed by atoms with van der Waals surface area (Å²) in [5.41, 5.74) is -0.230. The molecule has 3 rings (SSSR count). The highest BCUT2D eigenvalue weighted by Crippen LogP contribution is 2.49. The number of non-ortho nitro benzene ring substituents is 1.